The lowest BCUT2D eigenvalue weighted by Crippen LogP contribution is -2.21. The Morgan fingerprint density at radius 3 is 2.21 bits per heavy atom. The molecular formula is C8H12F3NO2. The number of aliphatic carboxylic acids is 1. The van der Waals surface area contributed by atoms with Crippen molar-refractivity contribution < 1.29 is 23.1 Å². The van der Waals surface area contributed by atoms with E-state index in [1.807, 2.05) is 6.08 Å². The highest BCUT2D eigenvalue weighted by Crippen LogP contribution is 2.13. The molecule has 82 valence electrons. The second kappa shape index (κ2) is 5.64. The number of carboxylic acid groups (broad SMARTS) is 1. The number of rotatable bonds is 1. The number of carboxylic acids is 1. The van der Waals surface area contributed by atoms with Gasteiger partial charge in [-0.1, -0.05) is 6.08 Å². The molecule has 14 heavy (non-hydrogen) atoms. The van der Waals surface area contributed by atoms with Crippen LogP contribution in [0.25, 0.3) is 0 Å². The maximum atomic E-state index is 10.6. The lowest BCUT2D eigenvalue weighted by atomic mass is 10.1. The number of nitrogens with one attached hydrogen (secondary N) is 1. The second-order valence-electron chi connectivity index (χ2n) is 2.79. The van der Waals surface area contributed by atoms with Gasteiger partial charge < -0.3 is 10.4 Å². The Morgan fingerprint density at radius 1 is 1.57 bits per heavy atom. The molecule has 1 heterocycles. The summed E-state index contributed by atoms with van der Waals surface area (Å²) < 4.78 is 31.7. The van der Waals surface area contributed by atoms with Crippen LogP contribution < -0.4 is 5.32 Å². The first-order chi connectivity index (χ1) is 6.38. The predicted octanol–water partition coefficient (Wildman–Crippen LogP) is 1.42. The normalized spacial score (nSPS) is 20.9. The van der Waals surface area contributed by atoms with Crippen LogP contribution >= 0.6 is 0 Å². The summed E-state index contributed by atoms with van der Waals surface area (Å²) in [6, 6.07) is 0. The molecule has 0 aromatic heterocycles. The fourth-order valence-corrected chi connectivity index (χ4v) is 0.878. The van der Waals surface area contributed by atoms with Gasteiger partial charge in [-0.2, -0.15) is 13.2 Å². The minimum atomic E-state index is -5.08. The van der Waals surface area contributed by atoms with Gasteiger partial charge in [0.25, 0.3) is 0 Å². The van der Waals surface area contributed by atoms with Gasteiger partial charge in [0.1, 0.15) is 0 Å². The zero-order valence-electron chi connectivity index (χ0n) is 7.47. The van der Waals surface area contributed by atoms with Crippen molar-refractivity contribution >= 4 is 5.97 Å². The maximum absolute atomic E-state index is 10.6. The van der Waals surface area contributed by atoms with Crippen LogP contribution in [0.2, 0.25) is 0 Å². The highest BCUT2D eigenvalue weighted by atomic mass is 19.4. The fourth-order valence-electron chi connectivity index (χ4n) is 0.878. The lowest BCUT2D eigenvalue weighted by molar-refractivity contribution is -0.192. The van der Waals surface area contributed by atoms with Gasteiger partial charge in [0.15, 0.2) is 0 Å². The molecule has 1 aliphatic rings. The predicted molar refractivity (Wildman–Crippen MR) is 44.9 cm³/mol. The smallest absolute Gasteiger partial charge is 0.475 e. The summed E-state index contributed by atoms with van der Waals surface area (Å²) in [5, 5.41) is 10.4. The molecule has 1 atom stereocenters. The van der Waals surface area contributed by atoms with Crippen molar-refractivity contribution in [2.75, 3.05) is 13.1 Å². The minimum Gasteiger partial charge on any atom is -0.475 e. The summed E-state index contributed by atoms with van der Waals surface area (Å²) in [5.41, 5.74) is 0. The molecule has 2 N–H and O–H groups in total. The molecule has 0 unspecified atom stereocenters. The van der Waals surface area contributed by atoms with E-state index in [0.29, 0.717) is 0 Å². The molecule has 0 aliphatic carbocycles. The Hall–Kier alpha value is -1.04. The van der Waals surface area contributed by atoms with Gasteiger partial charge >= 0.3 is 12.1 Å². The molecule has 0 aromatic rings. The molecule has 1 fully saturated rings. The second-order valence-corrected chi connectivity index (χ2v) is 2.79. The third kappa shape index (κ3) is 5.58. The van der Waals surface area contributed by atoms with Crippen molar-refractivity contribution in [1.29, 1.82) is 0 Å². The first-order valence-corrected chi connectivity index (χ1v) is 4.01. The highest BCUT2D eigenvalue weighted by molar-refractivity contribution is 5.73. The van der Waals surface area contributed by atoms with Crippen molar-refractivity contribution in [2.45, 2.75) is 12.6 Å². The van der Waals surface area contributed by atoms with Crippen molar-refractivity contribution in [1.82, 2.24) is 5.32 Å². The molecular weight excluding hydrogens is 199 g/mol. The molecule has 0 saturated carbocycles. The van der Waals surface area contributed by atoms with Crippen LogP contribution in [0.1, 0.15) is 6.42 Å². The summed E-state index contributed by atoms with van der Waals surface area (Å²) in [5.74, 6) is -2.01. The van der Waals surface area contributed by atoms with Crippen LogP contribution in [-0.4, -0.2) is 30.3 Å². The number of halogens is 3. The van der Waals surface area contributed by atoms with Crippen LogP contribution in [0, 0.1) is 5.92 Å². The summed E-state index contributed by atoms with van der Waals surface area (Å²) >= 11 is 0. The highest BCUT2D eigenvalue weighted by Gasteiger charge is 2.38. The molecule has 0 aromatic carbocycles. The van der Waals surface area contributed by atoms with Crippen LogP contribution in [0.4, 0.5) is 13.2 Å². The van der Waals surface area contributed by atoms with Crippen LogP contribution in [0.15, 0.2) is 12.7 Å². The molecule has 3 nitrogen and oxygen atoms in total. The van der Waals surface area contributed by atoms with Crippen molar-refractivity contribution in [2.24, 2.45) is 5.92 Å². The fraction of sp³-hybridized carbons (Fsp3) is 0.625. The maximum Gasteiger partial charge on any atom is 0.490 e. The van der Waals surface area contributed by atoms with Gasteiger partial charge in [-0.05, 0) is 18.9 Å². The van der Waals surface area contributed by atoms with E-state index in [9.17, 15) is 13.2 Å². The average Bonchev–Trinajstić information content (AvgIpc) is 2.54. The molecule has 0 amide bonds. The van der Waals surface area contributed by atoms with Crippen molar-refractivity contribution in [3.8, 4) is 0 Å². The molecule has 1 aliphatic heterocycles. The first kappa shape index (κ1) is 13.0. The van der Waals surface area contributed by atoms with E-state index in [4.69, 9.17) is 9.90 Å². The Labute approximate surface area is 79.6 Å². The van der Waals surface area contributed by atoms with E-state index in [0.717, 1.165) is 12.5 Å². The van der Waals surface area contributed by atoms with Gasteiger partial charge in [0.2, 0.25) is 0 Å². The van der Waals surface area contributed by atoms with Crippen LogP contribution in [-0.2, 0) is 4.79 Å². The molecule has 0 spiro atoms. The summed E-state index contributed by atoms with van der Waals surface area (Å²) in [6.45, 7) is 6.02. The third-order valence-electron chi connectivity index (χ3n) is 1.67. The van der Waals surface area contributed by atoms with Crippen LogP contribution in [0.3, 0.4) is 0 Å². The average molecular weight is 211 g/mol. The topological polar surface area (TPSA) is 49.3 Å². The van der Waals surface area contributed by atoms with Gasteiger partial charge in [-0.3, -0.25) is 0 Å². The van der Waals surface area contributed by atoms with Gasteiger partial charge in [0.05, 0.1) is 0 Å². The van der Waals surface area contributed by atoms with E-state index < -0.39 is 12.1 Å². The standard InChI is InChI=1S/C6H11N.C2HF3O2/c1-2-6-3-4-7-5-6;3-2(4,5)1(6)7/h2,6-7H,1,3-5H2;(H,6,7)/t6-;/m0./s1. The van der Waals surface area contributed by atoms with Crippen LogP contribution in [0.5, 0.6) is 0 Å². The quantitative estimate of drug-likeness (QED) is 0.645. The molecule has 0 radical (unpaired) electrons. The Bertz CT molecular complexity index is 197. The minimum absolute atomic E-state index is 0.750. The Kier molecular flexibility index (Phi) is 5.22. The monoisotopic (exact) mass is 211 g/mol. The zero-order chi connectivity index (χ0) is 11.2. The Balaban J connectivity index is 0.000000241. The molecule has 6 heteroatoms. The number of carbonyl (C=O) groups is 1. The van der Waals surface area contributed by atoms with E-state index >= 15 is 0 Å². The van der Waals surface area contributed by atoms with E-state index in [1.54, 1.807) is 0 Å². The largest absolute Gasteiger partial charge is 0.490 e. The van der Waals surface area contributed by atoms with E-state index in [-0.39, 0.29) is 0 Å². The van der Waals surface area contributed by atoms with E-state index in [1.165, 1.54) is 13.0 Å². The first-order valence-electron chi connectivity index (χ1n) is 4.01. The molecule has 1 saturated heterocycles. The molecule has 0 bridgehead atoms. The number of hydrogen-bond acceptors (Lipinski definition) is 2. The van der Waals surface area contributed by atoms with Gasteiger partial charge in [-0.25, -0.2) is 4.79 Å². The van der Waals surface area contributed by atoms with E-state index in [2.05, 4.69) is 11.9 Å². The number of alkyl halides is 3. The van der Waals surface area contributed by atoms with Crippen molar-refractivity contribution in [3.05, 3.63) is 12.7 Å². The summed E-state index contributed by atoms with van der Waals surface area (Å²) in [4.78, 5) is 8.90. The van der Waals surface area contributed by atoms with Gasteiger partial charge in [0, 0.05) is 6.54 Å². The summed E-state index contributed by atoms with van der Waals surface area (Å²) in [7, 11) is 0. The van der Waals surface area contributed by atoms with Gasteiger partial charge in [-0.15, -0.1) is 6.58 Å². The summed E-state index contributed by atoms with van der Waals surface area (Å²) in [6.07, 6.45) is -1.77. The number of hydrogen-bond donors (Lipinski definition) is 2. The van der Waals surface area contributed by atoms with Crippen molar-refractivity contribution in [3.63, 3.8) is 0 Å². The third-order valence-corrected chi connectivity index (χ3v) is 1.67. The lowest BCUT2D eigenvalue weighted by Gasteiger charge is -1.93. The zero-order valence-corrected chi connectivity index (χ0v) is 7.47. The Morgan fingerprint density at radius 2 is 2.07 bits per heavy atom. The SMILES string of the molecule is C=C[C@H]1CCNC1.O=C(O)C(F)(F)F. The molecule has 1 rings (SSSR count).